The van der Waals surface area contributed by atoms with E-state index in [0.29, 0.717) is 30.1 Å². The number of hydrogen-bond donors (Lipinski definition) is 2. The summed E-state index contributed by atoms with van der Waals surface area (Å²) in [6.45, 7) is 0.784. The number of amides is 1. The molecule has 2 N–H and O–H groups in total. The van der Waals surface area contributed by atoms with E-state index in [1.807, 2.05) is 0 Å². The van der Waals surface area contributed by atoms with Crippen LogP contribution in [-0.4, -0.2) is 17.4 Å². The Hall–Kier alpha value is -2.11. The molecule has 1 aromatic carbocycles. The van der Waals surface area contributed by atoms with E-state index in [4.69, 9.17) is 0 Å². The molecule has 6 heteroatoms. The topological polar surface area (TPSA) is 84.3 Å². The lowest BCUT2D eigenvalue weighted by molar-refractivity contribution is -0.383. The first-order valence-electron chi connectivity index (χ1n) is 6.48. The molecule has 1 aromatic rings. The van der Waals surface area contributed by atoms with Crippen molar-refractivity contribution in [3.8, 4) is 0 Å². The Labute approximate surface area is 110 Å². The molecule has 1 aliphatic heterocycles. The lowest BCUT2D eigenvalue weighted by Crippen LogP contribution is -2.19. The van der Waals surface area contributed by atoms with Crippen molar-refractivity contribution in [2.24, 2.45) is 5.92 Å². The highest BCUT2D eigenvalue weighted by Crippen LogP contribution is 2.35. The third-order valence-corrected chi connectivity index (χ3v) is 3.59. The predicted molar refractivity (Wildman–Crippen MR) is 71.3 cm³/mol. The van der Waals surface area contributed by atoms with Crippen LogP contribution >= 0.6 is 0 Å². The number of aryl methyl sites for hydroxylation is 1. The number of nitro groups is 1. The SMILES string of the molecule is O=C1CCc2cc(NCC3CC3)c([N+](=O)[O-])cc2N1. The van der Waals surface area contributed by atoms with Gasteiger partial charge in [0.2, 0.25) is 5.91 Å². The molecular weight excluding hydrogens is 246 g/mol. The van der Waals surface area contributed by atoms with E-state index in [1.165, 1.54) is 18.9 Å². The number of anilines is 2. The van der Waals surface area contributed by atoms with E-state index in [0.717, 1.165) is 12.1 Å². The molecule has 100 valence electrons. The monoisotopic (exact) mass is 261 g/mol. The van der Waals surface area contributed by atoms with Crippen LogP contribution < -0.4 is 10.6 Å². The molecule has 0 bridgehead atoms. The quantitative estimate of drug-likeness (QED) is 0.643. The average molecular weight is 261 g/mol. The zero-order valence-corrected chi connectivity index (χ0v) is 10.4. The molecule has 0 aromatic heterocycles. The van der Waals surface area contributed by atoms with Gasteiger partial charge in [-0.05, 0) is 36.8 Å². The van der Waals surface area contributed by atoms with Crippen molar-refractivity contribution in [3.63, 3.8) is 0 Å². The van der Waals surface area contributed by atoms with Gasteiger partial charge in [-0.3, -0.25) is 14.9 Å². The number of nitrogens with one attached hydrogen (secondary N) is 2. The van der Waals surface area contributed by atoms with Gasteiger partial charge in [0.1, 0.15) is 5.69 Å². The molecule has 0 atom stereocenters. The van der Waals surface area contributed by atoms with Gasteiger partial charge in [-0.25, -0.2) is 0 Å². The second-order valence-electron chi connectivity index (χ2n) is 5.16. The Morgan fingerprint density at radius 3 is 2.84 bits per heavy atom. The first-order chi connectivity index (χ1) is 9.13. The van der Waals surface area contributed by atoms with Crippen molar-refractivity contribution in [1.29, 1.82) is 0 Å². The third kappa shape index (κ3) is 2.52. The fraction of sp³-hybridized carbons (Fsp3) is 0.462. The van der Waals surface area contributed by atoms with E-state index in [2.05, 4.69) is 10.6 Å². The molecule has 2 aliphatic rings. The molecule has 1 fully saturated rings. The minimum Gasteiger partial charge on any atom is -0.379 e. The number of carbonyl (C=O) groups is 1. The minimum absolute atomic E-state index is 0.0293. The van der Waals surface area contributed by atoms with Crippen molar-refractivity contribution in [2.45, 2.75) is 25.7 Å². The van der Waals surface area contributed by atoms with Crippen LogP contribution in [0.3, 0.4) is 0 Å². The van der Waals surface area contributed by atoms with Gasteiger partial charge in [-0.1, -0.05) is 0 Å². The van der Waals surface area contributed by atoms with Crippen molar-refractivity contribution < 1.29 is 9.72 Å². The smallest absolute Gasteiger partial charge is 0.294 e. The largest absolute Gasteiger partial charge is 0.379 e. The summed E-state index contributed by atoms with van der Waals surface area (Å²) < 4.78 is 0. The lowest BCUT2D eigenvalue weighted by Gasteiger charge is -2.18. The second kappa shape index (κ2) is 4.53. The van der Waals surface area contributed by atoms with Crippen LogP contribution in [0.1, 0.15) is 24.8 Å². The zero-order valence-electron chi connectivity index (χ0n) is 10.4. The molecule has 1 heterocycles. The number of carbonyl (C=O) groups excluding carboxylic acids is 1. The number of nitrogens with zero attached hydrogens (tertiary/aromatic N) is 1. The van der Waals surface area contributed by atoms with Gasteiger partial charge >= 0.3 is 0 Å². The predicted octanol–water partition coefficient (Wildman–Crippen LogP) is 2.30. The molecule has 19 heavy (non-hydrogen) atoms. The number of rotatable bonds is 4. The zero-order chi connectivity index (χ0) is 13.4. The summed E-state index contributed by atoms with van der Waals surface area (Å²) in [5, 5.41) is 17.0. The summed E-state index contributed by atoms with van der Waals surface area (Å²) in [5.74, 6) is 0.566. The van der Waals surface area contributed by atoms with Gasteiger partial charge in [0, 0.05) is 19.0 Å². The summed E-state index contributed by atoms with van der Waals surface area (Å²) in [4.78, 5) is 22.0. The van der Waals surface area contributed by atoms with E-state index in [-0.39, 0.29) is 11.6 Å². The Morgan fingerprint density at radius 1 is 1.37 bits per heavy atom. The number of hydrogen-bond acceptors (Lipinski definition) is 4. The van der Waals surface area contributed by atoms with Crippen LogP contribution in [0, 0.1) is 16.0 Å². The fourth-order valence-electron chi connectivity index (χ4n) is 2.29. The maximum Gasteiger partial charge on any atom is 0.294 e. The van der Waals surface area contributed by atoms with Crippen LogP contribution in [0.15, 0.2) is 12.1 Å². The number of benzene rings is 1. The normalized spacial score (nSPS) is 17.6. The van der Waals surface area contributed by atoms with Gasteiger partial charge in [0.05, 0.1) is 10.6 Å². The molecule has 0 unspecified atom stereocenters. The van der Waals surface area contributed by atoms with Crippen LogP contribution in [0.25, 0.3) is 0 Å². The Morgan fingerprint density at radius 2 is 2.16 bits per heavy atom. The van der Waals surface area contributed by atoms with Gasteiger partial charge in [0.15, 0.2) is 0 Å². The summed E-state index contributed by atoms with van der Waals surface area (Å²) in [6.07, 6.45) is 3.47. The molecule has 0 radical (unpaired) electrons. The molecule has 1 saturated carbocycles. The van der Waals surface area contributed by atoms with Crippen LogP contribution in [0.2, 0.25) is 0 Å². The summed E-state index contributed by atoms with van der Waals surface area (Å²) >= 11 is 0. The Balaban J connectivity index is 1.91. The highest BCUT2D eigenvalue weighted by Gasteiger charge is 2.25. The molecule has 3 rings (SSSR count). The van der Waals surface area contributed by atoms with Crippen molar-refractivity contribution in [1.82, 2.24) is 0 Å². The summed E-state index contributed by atoms with van der Waals surface area (Å²) in [7, 11) is 0. The molecule has 0 spiro atoms. The van der Waals surface area contributed by atoms with Crippen LogP contribution in [-0.2, 0) is 11.2 Å². The van der Waals surface area contributed by atoms with Gasteiger partial charge < -0.3 is 10.6 Å². The van der Waals surface area contributed by atoms with E-state index in [9.17, 15) is 14.9 Å². The fourth-order valence-corrected chi connectivity index (χ4v) is 2.29. The first-order valence-corrected chi connectivity index (χ1v) is 6.48. The highest BCUT2D eigenvalue weighted by molar-refractivity contribution is 5.95. The summed E-state index contributed by atoms with van der Waals surface area (Å²) in [6, 6.07) is 3.26. The van der Waals surface area contributed by atoms with Crippen molar-refractivity contribution >= 4 is 23.0 Å². The molecule has 0 saturated heterocycles. The maximum atomic E-state index is 11.3. The van der Waals surface area contributed by atoms with Gasteiger partial charge in [0.25, 0.3) is 5.69 Å². The number of fused-ring (bicyclic) bond motifs is 1. The van der Waals surface area contributed by atoms with E-state index in [1.54, 1.807) is 6.07 Å². The summed E-state index contributed by atoms with van der Waals surface area (Å²) in [5.41, 5.74) is 2.12. The third-order valence-electron chi connectivity index (χ3n) is 3.59. The average Bonchev–Trinajstić information content (AvgIpc) is 3.19. The Bertz CT molecular complexity index is 552. The maximum absolute atomic E-state index is 11.3. The lowest BCUT2D eigenvalue weighted by atomic mass is 10.0. The van der Waals surface area contributed by atoms with Crippen LogP contribution in [0.4, 0.5) is 17.1 Å². The van der Waals surface area contributed by atoms with Crippen molar-refractivity contribution in [2.75, 3.05) is 17.2 Å². The van der Waals surface area contributed by atoms with E-state index < -0.39 is 4.92 Å². The Kier molecular flexibility index (Phi) is 2.85. The van der Waals surface area contributed by atoms with E-state index >= 15 is 0 Å². The highest BCUT2D eigenvalue weighted by atomic mass is 16.6. The van der Waals surface area contributed by atoms with Gasteiger partial charge in [-0.15, -0.1) is 0 Å². The van der Waals surface area contributed by atoms with Crippen LogP contribution in [0.5, 0.6) is 0 Å². The van der Waals surface area contributed by atoms with Gasteiger partial charge in [-0.2, -0.15) is 0 Å². The standard InChI is InChI=1S/C13H15N3O3/c17-13-4-3-9-5-11(14-7-8-1-2-8)12(16(18)19)6-10(9)15-13/h5-6,8,14H,1-4,7H2,(H,15,17). The molecular formula is C13H15N3O3. The molecule has 6 nitrogen and oxygen atoms in total. The number of nitro benzene ring substituents is 1. The van der Waals surface area contributed by atoms with Crippen molar-refractivity contribution in [3.05, 3.63) is 27.8 Å². The minimum atomic E-state index is -0.406. The molecule has 1 amide bonds. The second-order valence-corrected chi connectivity index (χ2v) is 5.16. The molecule has 1 aliphatic carbocycles. The first kappa shape index (κ1) is 12.0.